The van der Waals surface area contributed by atoms with Crippen LogP contribution >= 0.6 is 11.6 Å². The van der Waals surface area contributed by atoms with E-state index in [1.165, 1.54) is 12.2 Å². The van der Waals surface area contributed by atoms with E-state index in [1.54, 1.807) is 42.5 Å². The molecule has 0 aliphatic rings. The number of rotatable bonds is 3. The summed E-state index contributed by atoms with van der Waals surface area (Å²) in [5, 5.41) is 0.371. The molecule has 92 valence electrons. The number of nitrogens with zero attached hydrogens (tertiary/aromatic N) is 2. The highest BCUT2D eigenvalue weighted by Crippen LogP contribution is 2.36. The SMILES string of the molecule is O=C=Nc1ccc(-c2cccc(Cl)c2N=C=O)cc1. The second-order valence-corrected chi connectivity index (χ2v) is 4.00. The number of halogens is 1. The molecule has 0 spiro atoms. The van der Waals surface area contributed by atoms with Crippen molar-refractivity contribution in [3.8, 4) is 11.1 Å². The summed E-state index contributed by atoms with van der Waals surface area (Å²) in [4.78, 5) is 27.7. The summed E-state index contributed by atoms with van der Waals surface area (Å²) < 4.78 is 0. The first-order chi connectivity index (χ1) is 9.26. The summed E-state index contributed by atoms with van der Waals surface area (Å²) in [6.45, 7) is 0. The van der Waals surface area contributed by atoms with Crippen LogP contribution in [0.5, 0.6) is 0 Å². The Morgan fingerprint density at radius 3 is 2.21 bits per heavy atom. The van der Waals surface area contributed by atoms with Crippen molar-refractivity contribution in [3.63, 3.8) is 0 Å². The van der Waals surface area contributed by atoms with Crippen molar-refractivity contribution < 1.29 is 9.59 Å². The number of isocyanates is 2. The first-order valence-electron chi connectivity index (χ1n) is 5.31. The van der Waals surface area contributed by atoms with Crippen LogP contribution in [-0.4, -0.2) is 12.2 Å². The molecule has 2 aromatic rings. The van der Waals surface area contributed by atoms with E-state index >= 15 is 0 Å². The molecule has 0 bridgehead atoms. The predicted octanol–water partition coefficient (Wildman–Crippen LogP) is 3.94. The summed E-state index contributed by atoms with van der Waals surface area (Å²) in [5.74, 6) is 0. The lowest BCUT2D eigenvalue weighted by Crippen LogP contribution is -1.80. The van der Waals surface area contributed by atoms with Crippen LogP contribution in [0.25, 0.3) is 11.1 Å². The van der Waals surface area contributed by atoms with Crippen LogP contribution in [0.4, 0.5) is 11.4 Å². The second kappa shape index (κ2) is 5.89. The quantitative estimate of drug-likeness (QED) is 0.626. The molecule has 0 aromatic heterocycles. The van der Waals surface area contributed by atoms with E-state index < -0.39 is 0 Å². The zero-order valence-electron chi connectivity index (χ0n) is 9.63. The van der Waals surface area contributed by atoms with Gasteiger partial charge in [0.25, 0.3) is 0 Å². The van der Waals surface area contributed by atoms with E-state index in [2.05, 4.69) is 9.98 Å². The molecule has 0 amide bonds. The van der Waals surface area contributed by atoms with Gasteiger partial charge in [0.2, 0.25) is 12.2 Å². The standard InChI is InChI=1S/C14H7ClN2O2/c15-13-3-1-2-12(14(13)17-9-19)10-4-6-11(7-5-10)16-8-18/h1-7H. The summed E-state index contributed by atoms with van der Waals surface area (Å²) in [6.07, 6.45) is 2.96. The number of para-hydroxylation sites is 1. The molecule has 0 fully saturated rings. The Hall–Kier alpha value is -2.51. The molecule has 0 N–H and O–H groups in total. The van der Waals surface area contributed by atoms with Gasteiger partial charge in [-0.2, -0.15) is 9.98 Å². The molecular weight excluding hydrogens is 264 g/mol. The number of hydrogen-bond donors (Lipinski definition) is 0. The van der Waals surface area contributed by atoms with Crippen molar-refractivity contribution in [1.82, 2.24) is 0 Å². The van der Waals surface area contributed by atoms with Crippen LogP contribution in [0.2, 0.25) is 5.02 Å². The van der Waals surface area contributed by atoms with Crippen molar-refractivity contribution >= 4 is 35.1 Å². The van der Waals surface area contributed by atoms with Gasteiger partial charge in [0.05, 0.1) is 10.7 Å². The Morgan fingerprint density at radius 2 is 1.58 bits per heavy atom. The van der Waals surface area contributed by atoms with Crippen molar-refractivity contribution in [2.75, 3.05) is 0 Å². The maximum Gasteiger partial charge on any atom is 0.240 e. The molecule has 19 heavy (non-hydrogen) atoms. The highest BCUT2D eigenvalue weighted by molar-refractivity contribution is 6.33. The summed E-state index contributed by atoms with van der Waals surface area (Å²) in [6, 6.07) is 12.0. The van der Waals surface area contributed by atoms with Crippen LogP contribution in [0.15, 0.2) is 52.4 Å². The third-order valence-corrected chi connectivity index (χ3v) is 2.80. The van der Waals surface area contributed by atoms with Gasteiger partial charge in [0.15, 0.2) is 0 Å². The Morgan fingerprint density at radius 1 is 0.895 bits per heavy atom. The lowest BCUT2D eigenvalue weighted by atomic mass is 10.0. The van der Waals surface area contributed by atoms with Gasteiger partial charge < -0.3 is 0 Å². The fourth-order valence-electron chi connectivity index (χ4n) is 1.68. The molecule has 0 unspecified atom stereocenters. The van der Waals surface area contributed by atoms with Gasteiger partial charge in [-0.1, -0.05) is 35.9 Å². The highest BCUT2D eigenvalue weighted by atomic mass is 35.5. The van der Waals surface area contributed by atoms with Gasteiger partial charge in [-0.15, -0.1) is 0 Å². The first kappa shape index (κ1) is 12.9. The van der Waals surface area contributed by atoms with Crippen molar-refractivity contribution in [2.24, 2.45) is 9.98 Å². The van der Waals surface area contributed by atoms with Crippen LogP contribution in [-0.2, 0) is 9.59 Å². The van der Waals surface area contributed by atoms with E-state index in [0.29, 0.717) is 22.0 Å². The van der Waals surface area contributed by atoms with Crippen LogP contribution in [0.3, 0.4) is 0 Å². The summed E-state index contributed by atoms with van der Waals surface area (Å²) in [7, 11) is 0. The maximum atomic E-state index is 10.4. The second-order valence-electron chi connectivity index (χ2n) is 3.59. The molecule has 0 aliphatic heterocycles. The Kier molecular flexibility index (Phi) is 4.01. The topological polar surface area (TPSA) is 58.9 Å². The molecule has 4 nitrogen and oxygen atoms in total. The van der Waals surface area contributed by atoms with Crippen molar-refractivity contribution in [1.29, 1.82) is 0 Å². The smallest absolute Gasteiger partial charge is 0.211 e. The molecule has 2 aromatic carbocycles. The van der Waals surface area contributed by atoms with E-state index in [-0.39, 0.29) is 0 Å². The average molecular weight is 271 g/mol. The Bertz CT molecular complexity index is 698. The van der Waals surface area contributed by atoms with Gasteiger partial charge in [-0.3, -0.25) is 0 Å². The third kappa shape index (κ3) is 2.84. The molecule has 0 saturated heterocycles. The van der Waals surface area contributed by atoms with Gasteiger partial charge in [0.1, 0.15) is 5.69 Å². The van der Waals surface area contributed by atoms with Gasteiger partial charge in [-0.25, -0.2) is 9.59 Å². The Balaban J connectivity index is 2.55. The Labute approximate surface area is 114 Å². The number of carbonyl (C=O) groups excluding carboxylic acids is 2. The van der Waals surface area contributed by atoms with E-state index in [9.17, 15) is 9.59 Å². The number of aliphatic imine (C=N–C) groups is 2. The molecule has 2 rings (SSSR count). The van der Waals surface area contributed by atoms with Gasteiger partial charge in [0, 0.05) is 5.56 Å². The molecular formula is C14H7ClN2O2. The van der Waals surface area contributed by atoms with Crippen molar-refractivity contribution in [2.45, 2.75) is 0 Å². The number of hydrogen-bond acceptors (Lipinski definition) is 4. The minimum atomic E-state index is 0.366. The predicted molar refractivity (Wildman–Crippen MR) is 72.5 cm³/mol. The third-order valence-electron chi connectivity index (χ3n) is 2.50. The molecule has 0 aliphatic carbocycles. The summed E-state index contributed by atoms with van der Waals surface area (Å²) >= 11 is 6.00. The van der Waals surface area contributed by atoms with Crippen LogP contribution in [0.1, 0.15) is 0 Å². The maximum absolute atomic E-state index is 10.4. The zero-order valence-corrected chi connectivity index (χ0v) is 10.4. The lowest BCUT2D eigenvalue weighted by molar-refractivity contribution is 0.564. The normalized spacial score (nSPS) is 9.32. The summed E-state index contributed by atoms with van der Waals surface area (Å²) in [5.41, 5.74) is 2.38. The molecule has 0 heterocycles. The van der Waals surface area contributed by atoms with Crippen LogP contribution in [0, 0.1) is 0 Å². The van der Waals surface area contributed by atoms with E-state index in [4.69, 9.17) is 11.6 Å². The fourth-order valence-corrected chi connectivity index (χ4v) is 1.89. The minimum absolute atomic E-state index is 0.366. The monoisotopic (exact) mass is 270 g/mol. The fraction of sp³-hybridized carbons (Fsp3) is 0. The van der Waals surface area contributed by atoms with E-state index in [0.717, 1.165) is 5.56 Å². The lowest BCUT2D eigenvalue weighted by Gasteiger charge is -2.06. The molecule has 5 heteroatoms. The molecule has 0 atom stereocenters. The number of benzene rings is 2. The average Bonchev–Trinajstić information content (AvgIpc) is 2.43. The van der Waals surface area contributed by atoms with E-state index in [1.807, 2.05) is 0 Å². The van der Waals surface area contributed by atoms with Gasteiger partial charge >= 0.3 is 0 Å². The highest BCUT2D eigenvalue weighted by Gasteiger charge is 2.08. The molecule has 0 radical (unpaired) electrons. The first-order valence-corrected chi connectivity index (χ1v) is 5.69. The molecule has 0 saturated carbocycles. The largest absolute Gasteiger partial charge is 0.240 e. The van der Waals surface area contributed by atoms with Crippen LogP contribution < -0.4 is 0 Å². The minimum Gasteiger partial charge on any atom is -0.211 e. The van der Waals surface area contributed by atoms with Crippen molar-refractivity contribution in [3.05, 3.63) is 47.5 Å². The van der Waals surface area contributed by atoms with Gasteiger partial charge in [-0.05, 0) is 23.8 Å². The zero-order chi connectivity index (χ0) is 13.7.